The zero-order chi connectivity index (χ0) is 14.8. The number of benzene rings is 2. The third kappa shape index (κ3) is 2.67. The van der Waals surface area contributed by atoms with E-state index in [1.807, 2.05) is 42.5 Å². The Morgan fingerprint density at radius 1 is 1.14 bits per heavy atom. The van der Waals surface area contributed by atoms with E-state index in [2.05, 4.69) is 17.6 Å². The van der Waals surface area contributed by atoms with Crippen LogP contribution in [0.1, 0.15) is 30.8 Å². The molecule has 3 aromatic rings. The summed E-state index contributed by atoms with van der Waals surface area (Å²) < 4.78 is 2.17. The van der Waals surface area contributed by atoms with Crippen molar-refractivity contribution in [3.8, 4) is 0 Å². The van der Waals surface area contributed by atoms with Crippen LogP contribution in [0, 0.1) is 0 Å². The van der Waals surface area contributed by atoms with Gasteiger partial charge < -0.3 is 10.3 Å². The van der Waals surface area contributed by atoms with E-state index in [-0.39, 0.29) is 6.04 Å². The van der Waals surface area contributed by atoms with Gasteiger partial charge in [0.15, 0.2) is 0 Å². The highest BCUT2D eigenvalue weighted by molar-refractivity contribution is 6.31. The zero-order valence-corrected chi connectivity index (χ0v) is 12.7. The quantitative estimate of drug-likeness (QED) is 0.786. The normalized spacial score (nSPS) is 12.7. The van der Waals surface area contributed by atoms with Gasteiger partial charge in [-0.3, -0.25) is 0 Å². The molecule has 0 aliphatic carbocycles. The minimum Gasteiger partial charge on any atom is -0.322 e. The second-order valence-corrected chi connectivity index (χ2v) is 5.56. The van der Waals surface area contributed by atoms with Crippen LogP contribution >= 0.6 is 11.6 Å². The van der Waals surface area contributed by atoms with E-state index in [1.165, 1.54) is 0 Å². The van der Waals surface area contributed by atoms with Crippen LogP contribution in [-0.4, -0.2) is 9.55 Å². The van der Waals surface area contributed by atoms with Gasteiger partial charge in [-0.1, -0.05) is 48.9 Å². The number of halogens is 1. The van der Waals surface area contributed by atoms with Crippen LogP contribution in [0.4, 0.5) is 0 Å². The van der Waals surface area contributed by atoms with E-state index in [4.69, 9.17) is 22.3 Å². The summed E-state index contributed by atoms with van der Waals surface area (Å²) in [5, 5.41) is 0.770. The Morgan fingerprint density at radius 3 is 2.62 bits per heavy atom. The molecule has 2 aromatic carbocycles. The number of hydrogen-bond donors (Lipinski definition) is 1. The maximum atomic E-state index is 6.29. The molecular weight excluding hydrogens is 282 g/mol. The highest BCUT2D eigenvalue weighted by Crippen LogP contribution is 2.24. The molecule has 1 heterocycles. The Hall–Kier alpha value is -1.84. The molecule has 1 atom stereocenters. The molecule has 0 radical (unpaired) electrons. The summed E-state index contributed by atoms with van der Waals surface area (Å²) in [6.07, 6.45) is 0.853. The lowest BCUT2D eigenvalue weighted by molar-refractivity contribution is 0.605. The van der Waals surface area contributed by atoms with Gasteiger partial charge in [-0.15, -0.1) is 0 Å². The molecule has 0 aliphatic heterocycles. The Bertz CT molecular complexity index is 764. The van der Waals surface area contributed by atoms with Gasteiger partial charge in [-0.25, -0.2) is 4.98 Å². The molecule has 3 rings (SSSR count). The summed E-state index contributed by atoms with van der Waals surface area (Å²) in [5.74, 6) is 0.915. The molecule has 0 amide bonds. The first-order chi connectivity index (χ1) is 10.2. The van der Waals surface area contributed by atoms with E-state index in [0.717, 1.165) is 33.9 Å². The van der Waals surface area contributed by atoms with Crippen molar-refractivity contribution in [2.24, 2.45) is 5.73 Å². The fraction of sp³-hybridized carbons (Fsp3) is 0.235. The SMILES string of the molecule is CCC(N)c1nc2ccccc2n1Cc1ccccc1Cl. The lowest BCUT2D eigenvalue weighted by Crippen LogP contribution is -2.16. The van der Waals surface area contributed by atoms with Gasteiger partial charge in [0.2, 0.25) is 0 Å². The number of hydrogen-bond acceptors (Lipinski definition) is 2. The van der Waals surface area contributed by atoms with Gasteiger partial charge in [-0.05, 0) is 30.2 Å². The minimum absolute atomic E-state index is 0.0695. The van der Waals surface area contributed by atoms with Crippen molar-refractivity contribution < 1.29 is 0 Å². The van der Waals surface area contributed by atoms with E-state index < -0.39 is 0 Å². The maximum absolute atomic E-state index is 6.29. The van der Waals surface area contributed by atoms with Crippen molar-refractivity contribution in [2.45, 2.75) is 25.9 Å². The van der Waals surface area contributed by atoms with Gasteiger partial charge in [0.05, 0.1) is 23.6 Å². The van der Waals surface area contributed by atoms with E-state index in [1.54, 1.807) is 0 Å². The average molecular weight is 300 g/mol. The maximum Gasteiger partial charge on any atom is 0.127 e. The first kappa shape index (κ1) is 14.1. The molecule has 0 aliphatic rings. The monoisotopic (exact) mass is 299 g/mol. The van der Waals surface area contributed by atoms with Crippen LogP contribution in [-0.2, 0) is 6.54 Å². The van der Waals surface area contributed by atoms with E-state index in [9.17, 15) is 0 Å². The molecule has 0 saturated heterocycles. The zero-order valence-electron chi connectivity index (χ0n) is 12.0. The van der Waals surface area contributed by atoms with Gasteiger partial charge in [0.1, 0.15) is 5.82 Å². The van der Waals surface area contributed by atoms with Crippen molar-refractivity contribution >= 4 is 22.6 Å². The summed E-state index contributed by atoms with van der Waals surface area (Å²) >= 11 is 6.29. The lowest BCUT2D eigenvalue weighted by Gasteiger charge is -2.14. The first-order valence-corrected chi connectivity index (χ1v) is 7.52. The van der Waals surface area contributed by atoms with Crippen LogP contribution in [0.15, 0.2) is 48.5 Å². The minimum atomic E-state index is -0.0695. The Morgan fingerprint density at radius 2 is 1.86 bits per heavy atom. The fourth-order valence-corrected chi connectivity index (χ4v) is 2.72. The molecule has 3 nitrogen and oxygen atoms in total. The number of aromatic nitrogens is 2. The summed E-state index contributed by atoms with van der Waals surface area (Å²) in [7, 11) is 0. The predicted molar refractivity (Wildman–Crippen MR) is 87.5 cm³/mol. The number of rotatable bonds is 4. The third-order valence-corrected chi connectivity index (χ3v) is 4.11. The van der Waals surface area contributed by atoms with Crippen LogP contribution in [0.5, 0.6) is 0 Å². The van der Waals surface area contributed by atoms with E-state index in [0.29, 0.717) is 6.54 Å². The van der Waals surface area contributed by atoms with E-state index >= 15 is 0 Å². The molecule has 21 heavy (non-hydrogen) atoms. The molecule has 0 saturated carbocycles. The number of para-hydroxylation sites is 2. The Labute approximate surface area is 129 Å². The summed E-state index contributed by atoms with van der Waals surface area (Å²) in [6, 6.07) is 15.9. The van der Waals surface area contributed by atoms with Gasteiger partial charge in [0.25, 0.3) is 0 Å². The fourth-order valence-electron chi connectivity index (χ4n) is 2.52. The van der Waals surface area contributed by atoms with Crippen molar-refractivity contribution in [1.82, 2.24) is 9.55 Å². The van der Waals surface area contributed by atoms with Crippen LogP contribution in [0.25, 0.3) is 11.0 Å². The molecule has 1 aromatic heterocycles. The lowest BCUT2D eigenvalue weighted by atomic mass is 10.2. The molecule has 1 unspecified atom stereocenters. The van der Waals surface area contributed by atoms with Gasteiger partial charge >= 0.3 is 0 Å². The van der Waals surface area contributed by atoms with Crippen molar-refractivity contribution in [3.05, 3.63) is 64.9 Å². The van der Waals surface area contributed by atoms with Crippen molar-refractivity contribution in [1.29, 1.82) is 0 Å². The number of nitrogens with two attached hydrogens (primary N) is 1. The summed E-state index contributed by atoms with van der Waals surface area (Å²) in [5.41, 5.74) is 9.38. The second kappa shape index (κ2) is 5.88. The van der Waals surface area contributed by atoms with Crippen LogP contribution < -0.4 is 5.73 Å². The Balaban J connectivity index is 2.13. The highest BCUT2D eigenvalue weighted by Gasteiger charge is 2.16. The van der Waals surface area contributed by atoms with Gasteiger partial charge in [0, 0.05) is 5.02 Å². The molecule has 0 spiro atoms. The first-order valence-electron chi connectivity index (χ1n) is 7.15. The second-order valence-electron chi connectivity index (χ2n) is 5.15. The molecule has 2 N–H and O–H groups in total. The molecule has 108 valence electrons. The molecule has 0 fully saturated rings. The summed E-state index contributed by atoms with van der Waals surface area (Å²) in [6.45, 7) is 2.76. The predicted octanol–water partition coefficient (Wildman–Crippen LogP) is 4.15. The molecule has 0 bridgehead atoms. The highest BCUT2D eigenvalue weighted by atomic mass is 35.5. The standard InChI is InChI=1S/C17H18ClN3/c1-2-14(19)17-20-15-9-5-6-10-16(15)21(17)11-12-7-3-4-8-13(12)18/h3-10,14H,2,11,19H2,1H3. The number of imidazole rings is 1. The molecular formula is C17H18ClN3. The van der Waals surface area contributed by atoms with Crippen molar-refractivity contribution in [2.75, 3.05) is 0 Å². The molecule has 4 heteroatoms. The van der Waals surface area contributed by atoms with Crippen molar-refractivity contribution in [3.63, 3.8) is 0 Å². The number of fused-ring (bicyclic) bond motifs is 1. The number of nitrogens with zero attached hydrogens (tertiary/aromatic N) is 2. The Kier molecular flexibility index (Phi) is 3.95. The average Bonchev–Trinajstić information content (AvgIpc) is 2.88. The topological polar surface area (TPSA) is 43.8 Å². The van der Waals surface area contributed by atoms with Crippen LogP contribution in [0.2, 0.25) is 5.02 Å². The summed E-state index contributed by atoms with van der Waals surface area (Å²) in [4.78, 5) is 4.70. The van der Waals surface area contributed by atoms with Crippen LogP contribution in [0.3, 0.4) is 0 Å². The third-order valence-electron chi connectivity index (χ3n) is 3.74. The largest absolute Gasteiger partial charge is 0.322 e. The smallest absolute Gasteiger partial charge is 0.127 e. The van der Waals surface area contributed by atoms with Gasteiger partial charge in [-0.2, -0.15) is 0 Å².